The Kier molecular flexibility index (Phi) is 3.07. The second kappa shape index (κ2) is 4.37. The lowest BCUT2D eigenvalue weighted by Crippen LogP contribution is -2.17. The standard InChI is InChI=1S/C13H18N2O2/c1-7-3-9(4-11(14)8(7)2)12-5-10(6-15-12)13(16)17/h3-4,10,12,15H,5-6,14H2,1-2H3,(H,16,17). The van der Waals surface area contributed by atoms with Gasteiger partial charge in [-0.25, -0.2) is 0 Å². The highest BCUT2D eigenvalue weighted by Crippen LogP contribution is 2.30. The van der Waals surface area contributed by atoms with E-state index < -0.39 is 5.97 Å². The van der Waals surface area contributed by atoms with Crippen molar-refractivity contribution in [2.45, 2.75) is 26.3 Å². The number of aliphatic carboxylic acids is 1. The van der Waals surface area contributed by atoms with Crippen LogP contribution in [0, 0.1) is 19.8 Å². The molecule has 0 radical (unpaired) electrons. The Labute approximate surface area is 101 Å². The van der Waals surface area contributed by atoms with Gasteiger partial charge in [0.15, 0.2) is 0 Å². The fourth-order valence-corrected chi connectivity index (χ4v) is 2.29. The van der Waals surface area contributed by atoms with Crippen molar-refractivity contribution in [3.05, 3.63) is 28.8 Å². The van der Waals surface area contributed by atoms with Crippen LogP contribution in [0.15, 0.2) is 12.1 Å². The predicted octanol–water partition coefficient (Wildman–Crippen LogP) is 1.62. The molecule has 0 saturated carbocycles. The lowest BCUT2D eigenvalue weighted by molar-refractivity contribution is -0.141. The van der Waals surface area contributed by atoms with Gasteiger partial charge in [0.25, 0.3) is 0 Å². The Morgan fingerprint density at radius 2 is 2.18 bits per heavy atom. The third-order valence-electron chi connectivity index (χ3n) is 3.61. The summed E-state index contributed by atoms with van der Waals surface area (Å²) < 4.78 is 0. The van der Waals surface area contributed by atoms with Crippen LogP contribution in [0.5, 0.6) is 0 Å². The van der Waals surface area contributed by atoms with E-state index in [-0.39, 0.29) is 12.0 Å². The van der Waals surface area contributed by atoms with Gasteiger partial charge in [-0.3, -0.25) is 4.79 Å². The maximum absolute atomic E-state index is 10.9. The molecule has 0 spiro atoms. The van der Waals surface area contributed by atoms with E-state index in [0.717, 1.165) is 22.4 Å². The van der Waals surface area contributed by atoms with Crippen molar-refractivity contribution in [2.24, 2.45) is 5.92 Å². The van der Waals surface area contributed by atoms with Crippen LogP contribution in [0.4, 0.5) is 5.69 Å². The van der Waals surface area contributed by atoms with E-state index in [1.165, 1.54) is 0 Å². The molecule has 1 aliphatic heterocycles. The van der Waals surface area contributed by atoms with E-state index in [1.54, 1.807) is 0 Å². The van der Waals surface area contributed by atoms with E-state index in [1.807, 2.05) is 19.9 Å². The fourth-order valence-electron chi connectivity index (χ4n) is 2.29. The van der Waals surface area contributed by atoms with Gasteiger partial charge in [-0.2, -0.15) is 0 Å². The number of hydrogen-bond donors (Lipinski definition) is 3. The van der Waals surface area contributed by atoms with Crippen LogP contribution in [-0.2, 0) is 4.79 Å². The second-order valence-corrected chi connectivity index (χ2v) is 4.78. The predicted molar refractivity (Wildman–Crippen MR) is 66.8 cm³/mol. The third-order valence-corrected chi connectivity index (χ3v) is 3.61. The minimum absolute atomic E-state index is 0.109. The van der Waals surface area contributed by atoms with E-state index in [0.29, 0.717) is 13.0 Å². The van der Waals surface area contributed by atoms with Crippen molar-refractivity contribution < 1.29 is 9.90 Å². The Bertz CT molecular complexity index is 434. The summed E-state index contributed by atoms with van der Waals surface area (Å²) in [5.74, 6) is -1.01. The quantitative estimate of drug-likeness (QED) is 0.680. The number of anilines is 1. The molecule has 2 atom stereocenters. The number of aryl methyl sites for hydroxylation is 1. The van der Waals surface area contributed by atoms with Crippen LogP contribution in [0.1, 0.15) is 29.2 Å². The molecule has 0 amide bonds. The molecule has 92 valence electrons. The third kappa shape index (κ3) is 2.26. The summed E-state index contributed by atoms with van der Waals surface area (Å²) >= 11 is 0. The minimum atomic E-state index is -0.725. The Morgan fingerprint density at radius 3 is 2.71 bits per heavy atom. The number of nitrogen functional groups attached to an aromatic ring is 1. The summed E-state index contributed by atoms with van der Waals surface area (Å²) in [5, 5.41) is 12.2. The molecule has 4 N–H and O–H groups in total. The number of benzene rings is 1. The van der Waals surface area contributed by atoms with Crippen molar-refractivity contribution in [2.75, 3.05) is 12.3 Å². The lowest BCUT2D eigenvalue weighted by Gasteiger charge is -2.14. The molecule has 1 heterocycles. The van der Waals surface area contributed by atoms with E-state index in [9.17, 15) is 4.79 Å². The minimum Gasteiger partial charge on any atom is -0.481 e. The number of carboxylic acids is 1. The highest BCUT2D eigenvalue weighted by molar-refractivity contribution is 5.71. The monoisotopic (exact) mass is 234 g/mol. The number of nitrogens with two attached hydrogens (primary N) is 1. The molecule has 1 aliphatic rings. The average Bonchev–Trinajstić information content (AvgIpc) is 2.74. The highest BCUT2D eigenvalue weighted by atomic mass is 16.4. The SMILES string of the molecule is Cc1cc(C2CC(C(=O)O)CN2)cc(N)c1C. The number of hydrogen-bond acceptors (Lipinski definition) is 3. The zero-order chi connectivity index (χ0) is 12.6. The molecule has 1 fully saturated rings. The first-order valence-electron chi connectivity index (χ1n) is 5.82. The van der Waals surface area contributed by atoms with E-state index in [2.05, 4.69) is 11.4 Å². The van der Waals surface area contributed by atoms with Gasteiger partial charge in [-0.1, -0.05) is 6.07 Å². The summed E-state index contributed by atoms with van der Waals surface area (Å²) in [5.41, 5.74) is 10.1. The van der Waals surface area contributed by atoms with Crippen LogP contribution in [0.2, 0.25) is 0 Å². The number of rotatable bonds is 2. The first kappa shape index (κ1) is 11.9. The molecular weight excluding hydrogens is 216 g/mol. The molecule has 1 aromatic rings. The zero-order valence-electron chi connectivity index (χ0n) is 10.2. The smallest absolute Gasteiger partial charge is 0.307 e. The van der Waals surface area contributed by atoms with Gasteiger partial charge < -0.3 is 16.2 Å². The molecule has 0 aromatic heterocycles. The van der Waals surface area contributed by atoms with Gasteiger partial charge in [0.2, 0.25) is 0 Å². The summed E-state index contributed by atoms with van der Waals surface area (Å²) in [6.45, 7) is 4.56. The van der Waals surface area contributed by atoms with E-state index in [4.69, 9.17) is 10.8 Å². The Morgan fingerprint density at radius 1 is 1.47 bits per heavy atom. The molecular formula is C13H18N2O2. The van der Waals surface area contributed by atoms with Gasteiger partial charge in [0, 0.05) is 18.3 Å². The zero-order valence-corrected chi connectivity index (χ0v) is 10.2. The Balaban J connectivity index is 2.22. The van der Waals surface area contributed by atoms with Gasteiger partial charge in [-0.15, -0.1) is 0 Å². The Hall–Kier alpha value is -1.55. The molecule has 2 unspecified atom stereocenters. The summed E-state index contributed by atoms with van der Waals surface area (Å²) in [6.07, 6.45) is 0.636. The normalized spacial score (nSPS) is 23.9. The maximum Gasteiger partial charge on any atom is 0.307 e. The topological polar surface area (TPSA) is 75.3 Å². The molecule has 0 bridgehead atoms. The van der Waals surface area contributed by atoms with Crippen LogP contribution in [0.3, 0.4) is 0 Å². The van der Waals surface area contributed by atoms with Crippen LogP contribution >= 0.6 is 0 Å². The fraction of sp³-hybridized carbons (Fsp3) is 0.462. The van der Waals surface area contributed by atoms with Crippen molar-refractivity contribution in [3.8, 4) is 0 Å². The summed E-state index contributed by atoms with van der Waals surface area (Å²) in [6, 6.07) is 4.15. The average molecular weight is 234 g/mol. The second-order valence-electron chi connectivity index (χ2n) is 4.78. The van der Waals surface area contributed by atoms with Gasteiger partial charge >= 0.3 is 5.97 Å². The lowest BCUT2D eigenvalue weighted by atomic mass is 9.96. The maximum atomic E-state index is 10.9. The molecule has 4 heteroatoms. The molecule has 4 nitrogen and oxygen atoms in total. The molecule has 17 heavy (non-hydrogen) atoms. The first-order chi connectivity index (χ1) is 7.99. The van der Waals surface area contributed by atoms with Crippen LogP contribution in [-0.4, -0.2) is 17.6 Å². The van der Waals surface area contributed by atoms with E-state index >= 15 is 0 Å². The van der Waals surface area contributed by atoms with Crippen LogP contribution < -0.4 is 11.1 Å². The summed E-state index contributed by atoms with van der Waals surface area (Å²) in [7, 11) is 0. The van der Waals surface area contributed by atoms with Crippen molar-refractivity contribution in [1.29, 1.82) is 0 Å². The molecule has 1 saturated heterocycles. The van der Waals surface area contributed by atoms with Crippen molar-refractivity contribution in [1.82, 2.24) is 5.32 Å². The molecule has 0 aliphatic carbocycles. The largest absolute Gasteiger partial charge is 0.481 e. The van der Waals surface area contributed by atoms with Crippen molar-refractivity contribution in [3.63, 3.8) is 0 Å². The van der Waals surface area contributed by atoms with Gasteiger partial charge in [0.1, 0.15) is 0 Å². The number of nitrogens with one attached hydrogen (secondary N) is 1. The first-order valence-corrected chi connectivity index (χ1v) is 5.82. The molecule has 2 rings (SSSR count). The van der Waals surface area contributed by atoms with Gasteiger partial charge in [0.05, 0.1) is 5.92 Å². The molecule has 1 aromatic carbocycles. The van der Waals surface area contributed by atoms with Gasteiger partial charge in [-0.05, 0) is 43.0 Å². The summed E-state index contributed by atoms with van der Waals surface area (Å²) in [4.78, 5) is 10.9. The highest BCUT2D eigenvalue weighted by Gasteiger charge is 2.30. The van der Waals surface area contributed by atoms with Crippen LogP contribution in [0.25, 0.3) is 0 Å². The van der Waals surface area contributed by atoms with Crippen molar-refractivity contribution >= 4 is 11.7 Å². The number of carbonyl (C=O) groups is 1. The number of carboxylic acid groups (broad SMARTS) is 1.